The molecule has 2 aromatic rings. The summed E-state index contributed by atoms with van der Waals surface area (Å²) in [6.07, 6.45) is 3.97. The van der Waals surface area contributed by atoms with Crippen LogP contribution in [0.15, 0.2) is 24.7 Å². The van der Waals surface area contributed by atoms with Gasteiger partial charge in [0.15, 0.2) is 0 Å². The van der Waals surface area contributed by atoms with Crippen LogP contribution in [0.25, 0.3) is 0 Å². The fraction of sp³-hybridized carbons (Fsp3) is 0.500. The van der Waals surface area contributed by atoms with Gasteiger partial charge in [-0.3, -0.25) is 9.89 Å². The van der Waals surface area contributed by atoms with Crippen LogP contribution in [-0.2, 0) is 4.74 Å². The SMILES string of the molecule is CN(C[C@H]1OCC[C@H]1c1ncn[nH]1)C(=O)c1cccnc1N(C)C. The van der Waals surface area contributed by atoms with Crippen molar-refractivity contribution in [3.63, 3.8) is 0 Å². The summed E-state index contributed by atoms with van der Waals surface area (Å²) in [6, 6.07) is 3.57. The van der Waals surface area contributed by atoms with Crippen LogP contribution in [0.5, 0.6) is 0 Å². The maximum absolute atomic E-state index is 12.8. The second-order valence-corrected chi connectivity index (χ2v) is 6.13. The second kappa shape index (κ2) is 6.96. The first kappa shape index (κ1) is 16.4. The average molecular weight is 330 g/mol. The number of likely N-dealkylation sites (N-methyl/N-ethyl adjacent to an activating group) is 1. The minimum atomic E-state index is -0.0913. The lowest BCUT2D eigenvalue weighted by molar-refractivity contribution is 0.0550. The number of anilines is 1. The summed E-state index contributed by atoms with van der Waals surface area (Å²) in [4.78, 5) is 24.9. The molecule has 1 aliphatic rings. The van der Waals surface area contributed by atoms with E-state index in [1.807, 2.05) is 19.0 Å². The Kier molecular flexibility index (Phi) is 4.75. The number of carbonyl (C=O) groups excluding carboxylic acids is 1. The molecule has 2 aromatic heterocycles. The number of ether oxygens (including phenoxy) is 1. The Morgan fingerprint density at radius 1 is 1.38 bits per heavy atom. The third-order valence-electron chi connectivity index (χ3n) is 4.24. The molecular formula is C16H22N6O2. The van der Waals surface area contributed by atoms with Crippen molar-refractivity contribution < 1.29 is 9.53 Å². The van der Waals surface area contributed by atoms with Crippen molar-refractivity contribution in [2.45, 2.75) is 18.4 Å². The van der Waals surface area contributed by atoms with E-state index in [2.05, 4.69) is 20.2 Å². The number of H-pyrrole nitrogens is 1. The molecule has 0 radical (unpaired) electrons. The molecule has 0 saturated carbocycles. The van der Waals surface area contributed by atoms with Crippen LogP contribution in [0, 0.1) is 0 Å². The predicted octanol–water partition coefficient (Wildman–Crippen LogP) is 0.910. The minimum Gasteiger partial charge on any atom is -0.376 e. The van der Waals surface area contributed by atoms with E-state index in [-0.39, 0.29) is 17.9 Å². The molecule has 3 rings (SSSR count). The van der Waals surface area contributed by atoms with Gasteiger partial charge in [0, 0.05) is 46.4 Å². The number of nitrogens with zero attached hydrogens (tertiary/aromatic N) is 5. The van der Waals surface area contributed by atoms with Gasteiger partial charge >= 0.3 is 0 Å². The summed E-state index contributed by atoms with van der Waals surface area (Å²) >= 11 is 0. The Morgan fingerprint density at radius 2 is 2.21 bits per heavy atom. The highest BCUT2D eigenvalue weighted by Gasteiger charge is 2.33. The fourth-order valence-corrected chi connectivity index (χ4v) is 3.01. The second-order valence-electron chi connectivity index (χ2n) is 6.13. The number of pyridine rings is 1. The first-order chi connectivity index (χ1) is 11.6. The van der Waals surface area contributed by atoms with Gasteiger partial charge in [-0.1, -0.05) is 0 Å². The first-order valence-electron chi connectivity index (χ1n) is 7.92. The zero-order valence-electron chi connectivity index (χ0n) is 14.1. The quantitative estimate of drug-likeness (QED) is 0.877. The third-order valence-corrected chi connectivity index (χ3v) is 4.24. The molecule has 0 unspecified atom stereocenters. The molecule has 8 heteroatoms. The Morgan fingerprint density at radius 3 is 2.92 bits per heavy atom. The number of nitrogens with one attached hydrogen (secondary N) is 1. The predicted molar refractivity (Wildman–Crippen MR) is 89.0 cm³/mol. The third kappa shape index (κ3) is 3.23. The molecule has 3 heterocycles. The Balaban J connectivity index is 1.73. The van der Waals surface area contributed by atoms with Gasteiger partial charge in [-0.25, -0.2) is 9.97 Å². The lowest BCUT2D eigenvalue weighted by atomic mass is 10.0. The molecule has 0 spiro atoms. The van der Waals surface area contributed by atoms with Gasteiger partial charge < -0.3 is 14.5 Å². The maximum Gasteiger partial charge on any atom is 0.257 e. The van der Waals surface area contributed by atoms with Crippen LogP contribution in [0.3, 0.4) is 0 Å². The van der Waals surface area contributed by atoms with Crippen LogP contribution in [0.1, 0.15) is 28.5 Å². The molecule has 128 valence electrons. The van der Waals surface area contributed by atoms with Crippen LogP contribution in [-0.4, -0.2) is 71.4 Å². The van der Waals surface area contributed by atoms with E-state index in [1.165, 1.54) is 6.33 Å². The van der Waals surface area contributed by atoms with Crippen LogP contribution < -0.4 is 4.90 Å². The van der Waals surface area contributed by atoms with Crippen molar-refractivity contribution >= 4 is 11.7 Å². The molecule has 0 bridgehead atoms. The number of carbonyl (C=O) groups is 1. The molecule has 1 saturated heterocycles. The van der Waals surface area contributed by atoms with Crippen LogP contribution in [0.4, 0.5) is 5.82 Å². The highest BCUT2D eigenvalue weighted by Crippen LogP contribution is 2.29. The number of aromatic nitrogens is 4. The summed E-state index contributed by atoms with van der Waals surface area (Å²) < 4.78 is 5.82. The number of amides is 1. The van der Waals surface area contributed by atoms with E-state index < -0.39 is 0 Å². The van der Waals surface area contributed by atoms with Gasteiger partial charge in [0.1, 0.15) is 18.0 Å². The number of aromatic amines is 1. The van der Waals surface area contributed by atoms with Gasteiger partial charge in [-0.05, 0) is 18.6 Å². The summed E-state index contributed by atoms with van der Waals surface area (Å²) in [5.74, 6) is 1.53. The van der Waals surface area contributed by atoms with E-state index in [0.717, 1.165) is 12.2 Å². The molecule has 1 fully saturated rings. The molecule has 1 amide bonds. The summed E-state index contributed by atoms with van der Waals surface area (Å²) in [5.41, 5.74) is 0.583. The maximum atomic E-state index is 12.8. The topological polar surface area (TPSA) is 87.2 Å². The molecule has 1 aliphatic heterocycles. The van der Waals surface area contributed by atoms with Gasteiger partial charge in [0.2, 0.25) is 0 Å². The van der Waals surface area contributed by atoms with Gasteiger partial charge in [0.05, 0.1) is 11.7 Å². The van der Waals surface area contributed by atoms with Gasteiger partial charge in [-0.15, -0.1) is 0 Å². The molecule has 0 aromatic carbocycles. The Hall–Kier alpha value is -2.48. The van der Waals surface area contributed by atoms with Crippen molar-refractivity contribution in [1.82, 2.24) is 25.1 Å². The van der Waals surface area contributed by atoms with Crippen molar-refractivity contribution in [2.24, 2.45) is 0 Å². The van der Waals surface area contributed by atoms with E-state index in [4.69, 9.17) is 4.74 Å². The first-order valence-corrected chi connectivity index (χ1v) is 7.92. The van der Waals surface area contributed by atoms with Crippen LogP contribution >= 0.6 is 0 Å². The van der Waals surface area contributed by atoms with Crippen molar-refractivity contribution in [3.05, 3.63) is 36.0 Å². The zero-order valence-corrected chi connectivity index (χ0v) is 14.1. The van der Waals surface area contributed by atoms with E-state index >= 15 is 0 Å². The number of hydrogen-bond acceptors (Lipinski definition) is 6. The van der Waals surface area contributed by atoms with Gasteiger partial charge in [0.25, 0.3) is 5.91 Å². The highest BCUT2D eigenvalue weighted by atomic mass is 16.5. The average Bonchev–Trinajstić information content (AvgIpc) is 3.25. The Bertz CT molecular complexity index is 688. The Labute approximate surface area is 140 Å². The zero-order chi connectivity index (χ0) is 17.1. The van der Waals surface area contributed by atoms with Crippen molar-refractivity contribution in [2.75, 3.05) is 39.2 Å². The standard InChI is InChI=1S/C16H22N6O2/c1-21(2)15-12(5-4-7-17-15)16(23)22(3)9-13-11(6-8-24-13)14-18-10-19-20-14/h4-5,7,10-11,13H,6,8-9H2,1-3H3,(H,18,19,20)/t11-,13-/m1/s1. The lowest BCUT2D eigenvalue weighted by Gasteiger charge is -2.25. The summed E-state index contributed by atoms with van der Waals surface area (Å²) in [7, 11) is 5.53. The number of hydrogen-bond donors (Lipinski definition) is 1. The largest absolute Gasteiger partial charge is 0.376 e. The molecule has 0 aliphatic carbocycles. The number of rotatable bonds is 5. The fourth-order valence-electron chi connectivity index (χ4n) is 3.01. The normalized spacial score (nSPS) is 20.1. The molecule has 8 nitrogen and oxygen atoms in total. The van der Waals surface area contributed by atoms with E-state index in [9.17, 15) is 4.79 Å². The van der Waals surface area contributed by atoms with Crippen molar-refractivity contribution in [1.29, 1.82) is 0 Å². The van der Waals surface area contributed by atoms with Gasteiger partial charge in [-0.2, -0.15) is 5.10 Å². The van der Waals surface area contributed by atoms with E-state index in [1.54, 1.807) is 30.3 Å². The lowest BCUT2D eigenvalue weighted by Crippen LogP contribution is -2.37. The molecule has 2 atom stereocenters. The molecule has 24 heavy (non-hydrogen) atoms. The van der Waals surface area contributed by atoms with Crippen molar-refractivity contribution in [3.8, 4) is 0 Å². The summed E-state index contributed by atoms with van der Waals surface area (Å²) in [5, 5.41) is 6.81. The van der Waals surface area contributed by atoms with Crippen LogP contribution in [0.2, 0.25) is 0 Å². The highest BCUT2D eigenvalue weighted by molar-refractivity contribution is 5.98. The molecule has 1 N–H and O–H groups in total. The summed E-state index contributed by atoms with van der Waals surface area (Å²) in [6.45, 7) is 1.15. The molecular weight excluding hydrogens is 308 g/mol. The monoisotopic (exact) mass is 330 g/mol. The van der Waals surface area contributed by atoms with E-state index in [0.29, 0.717) is 24.5 Å². The smallest absolute Gasteiger partial charge is 0.257 e. The minimum absolute atomic E-state index is 0.0707.